The van der Waals surface area contributed by atoms with Gasteiger partial charge in [0, 0.05) is 16.3 Å². The molecule has 2 aromatic rings. The summed E-state index contributed by atoms with van der Waals surface area (Å²) in [5.41, 5.74) is 2.27. The summed E-state index contributed by atoms with van der Waals surface area (Å²) in [5.74, 6) is 1.44. The number of anilines is 1. The van der Waals surface area contributed by atoms with Crippen molar-refractivity contribution in [1.29, 1.82) is 0 Å². The Morgan fingerprint density at radius 2 is 1.90 bits per heavy atom. The van der Waals surface area contributed by atoms with E-state index in [-0.39, 0.29) is 11.3 Å². The average Bonchev–Trinajstić information content (AvgIpc) is 2.91. The highest BCUT2D eigenvalue weighted by Crippen LogP contribution is 2.23. The second-order valence-corrected chi connectivity index (χ2v) is 7.97. The summed E-state index contributed by atoms with van der Waals surface area (Å²) in [4.78, 5) is 13.2. The van der Waals surface area contributed by atoms with Crippen molar-refractivity contribution in [2.24, 2.45) is 0 Å². The van der Waals surface area contributed by atoms with Crippen molar-refractivity contribution in [1.82, 2.24) is 0 Å². The molecule has 1 N–H and O–H groups in total. The molecule has 0 aliphatic heterocycles. The van der Waals surface area contributed by atoms with E-state index in [2.05, 4.69) is 49.7 Å². The van der Waals surface area contributed by atoms with E-state index in [0.717, 1.165) is 11.4 Å². The van der Waals surface area contributed by atoms with Gasteiger partial charge in [0.2, 0.25) is 5.91 Å². The van der Waals surface area contributed by atoms with E-state index in [4.69, 9.17) is 0 Å². The maximum Gasteiger partial charge on any atom is 0.234 e. The van der Waals surface area contributed by atoms with E-state index in [0.29, 0.717) is 5.75 Å². The number of thioether (sulfide) groups is 1. The highest BCUT2D eigenvalue weighted by Gasteiger charge is 2.13. The first-order valence-corrected chi connectivity index (χ1v) is 8.99. The van der Waals surface area contributed by atoms with E-state index in [1.807, 2.05) is 18.2 Å². The molecule has 0 aliphatic rings. The van der Waals surface area contributed by atoms with Crippen LogP contribution in [0, 0.1) is 0 Å². The number of thiophene rings is 1. The molecule has 2 rings (SSSR count). The zero-order chi connectivity index (χ0) is 15.3. The van der Waals surface area contributed by atoms with Crippen molar-refractivity contribution in [2.45, 2.75) is 31.9 Å². The standard InChI is InChI=1S/C17H21NOS2/c1-17(2,3)13-6-8-14(9-7-13)18-16(19)12-20-11-15-5-4-10-21-15/h4-10H,11-12H2,1-3H3,(H,18,19). The summed E-state index contributed by atoms with van der Waals surface area (Å²) in [5, 5.41) is 5.01. The molecule has 0 saturated carbocycles. The number of benzene rings is 1. The predicted octanol–water partition coefficient (Wildman–Crippen LogP) is 4.92. The summed E-state index contributed by atoms with van der Waals surface area (Å²) in [7, 11) is 0. The van der Waals surface area contributed by atoms with Crippen LogP contribution in [-0.4, -0.2) is 11.7 Å². The Balaban J connectivity index is 1.79. The van der Waals surface area contributed by atoms with Gasteiger partial charge in [0.25, 0.3) is 0 Å². The minimum Gasteiger partial charge on any atom is -0.325 e. The van der Waals surface area contributed by atoms with Crippen LogP contribution in [0.5, 0.6) is 0 Å². The highest BCUT2D eigenvalue weighted by molar-refractivity contribution is 7.99. The molecule has 0 radical (unpaired) electrons. The van der Waals surface area contributed by atoms with Crippen LogP contribution in [0.2, 0.25) is 0 Å². The normalized spacial score (nSPS) is 11.4. The minimum absolute atomic E-state index is 0.0556. The topological polar surface area (TPSA) is 29.1 Å². The van der Waals surface area contributed by atoms with Gasteiger partial charge in [-0.25, -0.2) is 0 Å². The second kappa shape index (κ2) is 7.14. The number of hydrogen-bond donors (Lipinski definition) is 1. The Morgan fingerprint density at radius 3 is 2.48 bits per heavy atom. The van der Waals surface area contributed by atoms with E-state index >= 15 is 0 Å². The number of hydrogen-bond acceptors (Lipinski definition) is 3. The van der Waals surface area contributed by atoms with Crippen LogP contribution in [-0.2, 0) is 16.0 Å². The number of carbonyl (C=O) groups excluding carboxylic acids is 1. The van der Waals surface area contributed by atoms with Crippen LogP contribution in [0.25, 0.3) is 0 Å². The van der Waals surface area contributed by atoms with Gasteiger partial charge in [-0.1, -0.05) is 39.0 Å². The second-order valence-electron chi connectivity index (χ2n) is 5.95. The molecule has 4 heteroatoms. The van der Waals surface area contributed by atoms with Crippen LogP contribution in [0.3, 0.4) is 0 Å². The largest absolute Gasteiger partial charge is 0.325 e. The molecule has 0 saturated heterocycles. The fourth-order valence-corrected chi connectivity index (χ4v) is 3.56. The van der Waals surface area contributed by atoms with Crippen LogP contribution in [0.4, 0.5) is 5.69 Å². The summed E-state index contributed by atoms with van der Waals surface area (Å²) >= 11 is 3.37. The first kappa shape index (κ1) is 16.1. The van der Waals surface area contributed by atoms with E-state index in [9.17, 15) is 4.79 Å². The summed E-state index contributed by atoms with van der Waals surface area (Å²) in [6, 6.07) is 12.2. The van der Waals surface area contributed by atoms with Crippen molar-refractivity contribution < 1.29 is 4.79 Å². The lowest BCUT2D eigenvalue weighted by atomic mass is 9.87. The van der Waals surface area contributed by atoms with Crippen molar-refractivity contribution >= 4 is 34.7 Å². The number of carbonyl (C=O) groups is 1. The van der Waals surface area contributed by atoms with Gasteiger partial charge in [-0.15, -0.1) is 23.1 Å². The Bertz CT molecular complexity index is 568. The van der Waals surface area contributed by atoms with Gasteiger partial charge >= 0.3 is 0 Å². The third-order valence-electron chi connectivity index (χ3n) is 3.09. The van der Waals surface area contributed by atoms with E-state index in [1.165, 1.54) is 10.4 Å². The number of amides is 1. The van der Waals surface area contributed by atoms with Crippen LogP contribution >= 0.6 is 23.1 Å². The van der Waals surface area contributed by atoms with Crippen LogP contribution in [0.1, 0.15) is 31.2 Å². The molecule has 2 nitrogen and oxygen atoms in total. The molecule has 112 valence electrons. The SMILES string of the molecule is CC(C)(C)c1ccc(NC(=O)CSCc2cccs2)cc1. The van der Waals surface area contributed by atoms with E-state index in [1.54, 1.807) is 23.1 Å². The monoisotopic (exact) mass is 319 g/mol. The fourth-order valence-electron chi connectivity index (χ4n) is 1.89. The molecular weight excluding hydrogens is 298 g/mol. The molecule has 0 bridgehead atoms. The fraction of sp³-hybridized carbons (Fsp3) is 0.353. The Kier molecular flexibility index (Phi) is 5.48. The molecule has 0 unspecified atom stereocenters. The van der Waals surface area contributed by atoms with Crippen molar-refractivity contribution in [3.8, 4) is 0 Å². The molecular formula is C17H21NOS2. The molecule has 0 spiro atoms. The lowest BCUT2D eigenvalue weighted by Gasteiger charge is -2.19. The summed E-state index contributed by atoms with van der Waals surface area (Å²) in [6.45, 7) is 6.55. The van der Waals surface area contributed by atoms with Crippen molar-refractivity contribution in [2.75, 3.05) is 11.1 Å². The molecule has 0 aliphatic carbocycles. The van der Waals surface area contributed by atoms with Gasteiger partial charge < -0.3 is 5.32 Å². The average molecular weight is 319 g/mol. The quantitative estimate of drug-likeness (QED) is 0.847. The Hall–Kier alpha value is -1.26. The van der Waals surface area contributed by atoms with Gasteiger partial charge in [-0.2, -0.15) is 0 Å². The summed E-state index contributed by atoms with van der Waals surface area (Å²) in [6.07, 6.45) is 0. The highest BCUT2D eigenvalue weighted by atomic mass is 32.2. The maximum atomic E-state index is 11.9. The molecule has 1 aromatic carbocycles. The predicted molar refractivity (Wildman–Crippen MR) is 94.3 cm³/mol. The zero-order valence-electron chi connectivity index (χ0n) is 12.7. The van der Waals surface area contributed by atoms with Gasteiger partial charge in [-0.05, 0) is 34.6 Å². The smallest absolute Gasteiger partial charge is 0.234 e. The molecule has 0 fully saturated rings. The molecule has 0 atom stereocenters. The van der Waals surface area contributed by atoms with Crippen LogP contribution < -0.4 is 5.32 Å². The molecule has 1 amide bonds. The minimum atomic E-state index is 0.0556. The summed E-state index contributed by atoms with van der Waals surface area (Å²) < 4.78 is 0. The lowest BCUT2D eigenvalue weighted by Crippen LogP contribution is -2.15. The third kappa shape index (κ3) is 5.21. The van der Waals surface area contributed by atoms with Crippen molar-refractivity contribution in [3.05, 3.63) is 52.2 Å². The zero-order valence-corrected chi connectivity index (χ0v) is 14.3. The van der Waals surface area contributed by atoms with Gasteiger partial charge in [-0.3, -0.25) is 4.79 Å². The van der Waals surface area contributed by atoms with Gasteiger partial charge in [0.1, 0.15) is 0 Å². The first-order valence-electron chi connectivity index (χ1n) is 6.96. The van der Waals surface area contributed by atoms with E-state index < -0.39 is 0 Å². The lowest BCUT2D eigenvalue weighted by molar-refractivity contribution is -0.113. The molecule has 1 aromatic heterocycles. The third-order valence-corrected chi connectivity index (χ3v) is 5.13. The molecule has 1 heterocycles. The maximum absolute atomic E-state index is 11.9. The Labute approximate surface area is 135 Å². The number of nitrogens with one attached hydrogen (secondary N) is 1. The Morgan fingerprint density at radius 1 is 1.19 bits per heavy atom. The van der Waals surface area contributed by atoms with Crippen LogP contribution in [0.15, 0.2) is 41.8 Å². The number of rotatable bonds is 5. The van der Waals surface area contributed by atoms with Gasteiger partial charge in [0.05, 0.1) is 5.75 Å². The first-order chi connectivity index (χ1) is 9.95. The molecule has 21 heavy (non-hydrogen) atoms. The van der Waals surface area contributed by atoms with Crippen molar-refractivity contribution in [3.63, 3.8) is 0 Å². The van der Waals surface area contributed by atoms with Gasteiger partial charge in [0.15, 0.2) is 0 Å².